The fourth-order valence-electron chi connectivity index (χ4n) is 2.65. The van der Waals surface area contributed by atoms with Crippen LogP contribution in [-0.2, 0) is 22.5 Å². The third-order valence-electron chi connectivity index (χ3n) is 3.59. The maximum absolute atomic E-state index is 11.8. The van der Waals surface area contributed by atoms with Gasteiger partial charge in [0.05, 0.1) is 19.1 Å². The lowest BCUT2D eigenvalue weighted by Gasteiger charge is -2.30. The Morgan fingerprint density at radius 3 is 3.05 bits per heavy atom. The first-order valence-electron chi connectivity index (χ1n) is 7.79. The Labute approximate surface area is 125 Å². The second-order valence-electron chi connectivity index (χ2n) is 6.03. The second-order valence-corrected chi connectivity index (χ2v) is 6.03. The molecule has 1 aromatic rings. The lowest BCUT2D eigenvalue weighted by atomic mass is 9.98. The predicted octanol–water partition coefficient (Wildman–Crippen LogP) is 2.04. The lowest BCUT2D eigenvalue weighted by Crippen LogP contribution is -2.39. The number of piperidine rings is 1. The summed E-state index contributed by atoms with van der Waals surface area (Å²) in [5, 5.41) is 4.00. The van der Waals surface area contributed by atoms with E-state index in [1.165, 1.54) is 0 Å². The van der Waals surface area contributed by atoms with Crippen molar-refractivity contribution in [3.63, 3.8) is 0 Å². The van der Waals surface area contributed by atoms with Crippen molar-refractivity contribution in [1.29, 1.82) is 0 Å². The maximum Gasteiger partial charge on any atom is 0.310 e. The number of aromatic nitrogens is 2. The molecule has 0 unspecified atom stereocenters. The Morgan fingerprint density at radius 1 is 1.52 bits per heavy atom. The van der Waals surface area contributed by atoms with Crippen molar-refractivity contribution in [1.82, 2.24) is 15.0 Å². The monoisotopic (exact) mass is 295 g/mol. The molecule has 2 rings (SSSR count). The van der Waals surface area contributed by atoms with Crippen molar-refractivity contribution in [3.05, 3.63) is 11.7 Å². The molecule has 1 aromatic heterocycles. The van der Waals surface area contributed by atoms with E-state index in [1.807, 2.05) is 6.92 Å². The molecule has 118 valence electrons. The normalized spacial score (nSPS) is 19.9. The van der Waals surface area contributed by atoms with E-state index in [1.54, 1.807) is 0 Å². The van der Waals surface area contributed by atoms with Gasteiger partial charge in [0.25, 0.3) is 0 Å². The van der Waals surface area contributed by atoms with Gasteiger partial charge in [0.2, 0.25) is 5.89 Å². The lowest BCUT2D eigenvalue weighted by molar-refractivity contribution is -0.150. The van der Waals surface area contributed by atoms with E-state index in [4.69, 9.17) is 9.26 Å². The van der Waals surface area contributed by atoms with E-state index in [0.717, 1.165) is 31.6 Å². The molecule has 0 aromatic carbocycles. The number of esters is 1. The number of carbonyl (C=O) groups excluding carboxylic acids is 1. The topological polar surface area (TPSA) is 68.5 Å². The SMILES string of the molecule is CCOC(=O)[C@@H]1CCCN(Cc2nc(CC(C)C)no2)C1. The van der Waals surface area contributed by atoms with E-state index in [0.29, 0.717) is 31.5 Å². The summed E-state index contributed by atoms with van der Waals surface area (Å²) in [7, 11) is 0. The zero-order valence-electron chi connectivity index (χ0n) is 13.2. The van der Waals surface area contributed by atoms with E-state index in [-0.39, 0.29) is 11.9 Å². The quantitative estimate of drug-likeness (QED) is 0.748. The van der Waals surface area contributed by atoms with E-state index in [9.17, 15) is 4.79 Å². The van der Waals surface area contributed by atoms with Crippen LogP contribution in [0.15, 0.2) is 4.52 Å². The summed E-state index contributed by atoms with van der Waals surface area (Å²) >= 11 is 0. The van der Waals surface area contributed by atoms with Gasteiger partial charge in [0.1, 0.15) is 0 Å². The van der Waals surface area contributed by atoms with Gasteiger partial charge in [-0.1, -0.05) is 19.0 Å². The third-order valence-corrected chi connectivity index (χ3v) is 3.59. The summed E-state index contributed by atoms with van der Waals surface area (Å²) in [6.07, 6.45) is 2.73. The maximum atomic E-state index is 11.8. The van der Waals surface area contributed by atoms with E-state index >= 15 is 0 Å². The molecular weight excluding hydrogens is 270 g/mol. The Kier molecular flexibility index (Phi) is 5.73. The highest BCUT2D eigenvalue weighted by Crippen LogP contribution is 2.19. The number of nitrogens with zero attached hydrogens (tertiary/aromatic N) is 3. The average molecular weight is 295 g/mol. The van der Waals surface area contributed by atoms with Crippen LogP contribution in [0.2, 0.25) is 0 Å². The van der Waals surface area contributed by atoms with Gasteiger partial charge in [0.15, 0.2) is 5.82 Å². The summed E-state index contributed by atoms with van der Waals surface area (Å²) in [4.78, 5) is 18.4. The van der Waals surface area contributed by atoms with E-state index < -0.39 is 0 Å². The Bertz CT molecular complexity index is 459. The molecule has 0 N–H and O–H groups in total. The minimum Gasteiger partial charge on any atom is -0.466 e. The van der Waals surface area contributed by atoms with Gasteiger partial charge in [0, 0.05) is 13.0 Å². The van der Waals surface area contributed by atoms with Crippen LogP contribution in [-0.4, -0.2) is 40.7 Å². The first-order valence-corrected chi connectivity index (χ1v) is 7.79. The minimum atomic E-state index is -0.0896. The summed E-state index contributed by atoms with van der Waals surface area (Å²) in [6.45, 7) is 8.82. The first-order chi connectivity index (χ1) is 10.1. The van der Waals surface area contributed by atoms with Gasteiger partial charge in [-0.25, -0.2) is 0 Å². The number of rotatable bonds is 6. The van der Waals surface area contributed by atoms with Crippen LogP contribution < -0.4 is 0 Å². The fourth-order valence-corrected chi connectivity index (χ4v) is 2.65. The molecule has 6 nitrogen and oxygen atoms in total. The Hall–Kier alpha value is -1.43. The number of likely N-dealkylation sites (tertiary alicyclic amines) is 1. The Balaban J connectivity index is 1.87. The van der Waals surface area contributed by atoms with Crippen molar-refractivity contribution in [2.75, 3.05) is 19.7 Å². The fraction of sp³-hybridized carbons (Fsp3) is 0.800. The minimum absolute atomic E-state index is 0.0308. The average Bonchev–Trinajstić information content (AvgIpc) is 2.85. The molecule has 21 heavy (non-hydrogen) atoms. The molecule has 0 saturated carbocycles. The van der Waals surface area contributed by atoms with Crippen molar-refractivity contribution in [2.24, 2.45) is 11.8 Å². The third kappa shape index (κ3) is 4.81. The molecule has 0 spiro atoms. The molecule has 1 aliphatic heterocycles. The van der Waals surface area contributed by atoms with Crippen LogP contribution in [0, 0.1) is 11.8 Å². The second kappa shape index (κ2) is 7.54. The number of carbonyl (C=O) groups is 1. The molecule has 0 aliphatic carbocycles. The molecule has 0 radical (unpaired) electrons. The highest BCUT2D eigenvalue weighted by Gasteiger charge is 2.27. The van der Waals surface area contributed by atoms with Crippen LogP contribution in [0.4, 0.5) is 0 Å². The molecule has 1 fully saturated rings. The van der Waals surface area contributed by atoms with Crippen LogP contribution in [0.25, 0.3) is 0 Å². The van der Waals surface area contributed by atoms with Gasteiger partial charge in [-0.05, 0) is 32.2 Å². The molecule has 1 saturated heterocycles. The van der Waals surface area contributed by atoms with Gasteiger partial charge in [-0.2, -0.15) is 4.98 Å². The smallest absolute Gasteiger partial charge is 0.310 e. The van der Waals surface area contributed by atoms with Gasteiger partial charge >= 0.3 is 5.97 Å². The molecule has 1 aliphatic rings. The summed E-state index contributed by atoms with van der Waals surface area (Å²) in [5.74, 6) is 1.79. The zero-order chi connectivity index (χ0) is 15.2. The van der Waals surface area contributed by atoms with Crippen molar-refractivity contribution in [3.8, 4) is 0 Å². The van der Waals surface area contributed by atoms with Crippen LogP contribution in [0.1, 0.15) is 45.3 Å². The number of hydrogen-bond donors (Lipinski definition) is 0. The molecule has 0 amide bonds. The van der Waals surface area contributed by atoms with Crippen molar-refractivity contribution >= 4 is 5.97 Å². The summed E-state index contributed by atoms with van der Waals surface area (Å²) in [6, 6.07) is 0. The number of ether oxygens (including phenoxy) is 1. The van der Waals surface area contributed by atoms with Crippen molar-refractivity contribution < 1.29 is 14.1 Å². The van der Waals surface area contributed by atoms with Gasteiger partial charge in [-0.15, -0.1) is 0 Å². The molecule has 2 heterocycles. The summed E-state index contributed by atoms with van der Waals surface area (Å²) < 4.78 is 10.4. The van der Waals surface area contributed by atoms with Gasteiger partial charge in [-0.3, -0.25) is 9.69 Å². The predicted molar refractivity (Wildman–Crippen MR) is 77.5 cm³/mol. The first kappa shape index (κ1) is 15.9. The van der Waals surface area contributed by atoms with Crippen molar-refractivity contribution in [2.45, 2.75) is 46.6 Å². The van der Waals surface area contributed by atoms with Gasteiger partial charge < -0.3 is 9.26 Å². The van der Waals surface area contributed by atoms with Crippen LogP contribution in [0.5, 0.6) is 0 Å². The highest BCUT2D eigenvalue weighted by molar-refractivity contribution is 5.72. The Morgan fingerprint density at radius 2 is 2.33 bits per heavy atom. The molecule has 1 atom stereocenters. The van der Waals surface area contributed by atoms with Crippen LogP contribution >= 0.6 is 0 Å². The largest absolute Gasteiger partial charge is 0.466 e. The zero-order valence-corrected chi connectivity index (χ0v) is 13.2. The van der Waals surface area contributed by atoms with E-state index in [2.05, 4.69) is 28.9 Å². The molecule has 0 bridgehead atoms. The summed E-state index contributed by atoms with van der Waals surface area (Å²) in [5.41, 5.74) is 0. The number of hydrogen-bond acceptors (Lipinski definition) is 6. The molecule has 6 heteroatoms. The molecular formula is C15H25N3O3. The standard InChI is InChI=1S/C15H25N3O3/c1-4-20-15(19)12-6-5-7-18(9-12)10-14-16-13(17-21-14)8-11(2)3/h11-12H,4-10H2,1-3H3/t12-/m1/s1. The van der Waals surface area contributed by atoms with Crippen LogP contribution in [0.3, 0.4) is 0 Å². The highest BCUT2D eigenvalue weighted by atomic mass is 16.5.